The third-order valence-corrected chi connectivity index (χ3v) is 4.44. The van der Waals surface area contributed by atoms with E-state index in [0.717, 1.165) is 33.5 Å². The molecule has 0 bridgehead atoms. The molecule has 0 aliphatic rings. The van der Waals surface area contributed by atoms with Gasteiger partial charge in [0, 0.05) is 10.8 Å². The first-order chi connectivity index (χ1) is 12.8. The van der Waals surface area contributed by atoms with Crippen LogP contribution in [-0.2, 0) is 6.42 Å². The average molecular weight is 342 g/mol. The van der Waals surface area contributed by atoms with E-state index < -0.39 is 6.16 Å². The molecule has 4 rings (SSSR count). The van der Waals surface area contributed by atoms with Gasteiger partial charge in [-0.15, -0.1) is 0 Å². The van der Waals surface area contributed by atoms with Crippen molar-refractivity contribution in [3.05, 3.63) is 84.4 Å². The monoisotopic (exact) mass is 342 g/mol. The van der Waals surface area contributed by atoms with Gasteiger partial charge in [-0.25, -0.2) is 4.79 Å². The Morgan fingerprint density at radius 2 is 1.54 bits per heavy atom. The molecule has 0 amide bonds. The molecule has 3 nitrogen and oxygen atoms in total. The van der Waals surface area contributed by atoms with E-state index in [1.54, 1.807) is 12.1 Å². The van der Waals surface area contributed by atoms with Crippen molar-refractivity contribution in [1.82, 2.24) is 0 Å². The van der Waals surface area contributed by atoms with E-state index >= 15 is 0 Å². The highest BCUT2D eigenvalue weighted by Crippen LogP contribution is 2.37. The number of carbonyl (C=O) groups is 1. The molecule has 4 aromatic rings. The predicted molar refractivity (Wildman–Crippen MR) is 104 cm³/mol. The highest BCUT2D eigenvalue weighted by Gasteiger charge is 2.16. The van der Waals surface area contributed by atoms with Gasteiger partial charge in [-0.2, -0.15) is 0 Å². The maximum absolute atomic E-state index is 12.4. The van der Waals surface area contributed by atoms with Crippen LogP contribution in [0.1, 0.15) is 12.5 Å². The fourth-order valence-corrected chi connectivity index (χ4v) is 3.24. The second-order valence-electron chi connectivity index (χ2n) is 6.06. The van der Waals surface area contributed by atoms with Gasteiger partial charge in [0.15, 0.2) is 0 Å². The fraction of sp³-hybridized carbons (Fsp3) is 0.0870. The first kappa shape index (κ1) is 16.2. The minimum absolute atomic E-state index is 0.456. The summed E-state index contributed by atoms with van der Waals surface area (Å²) in [7, 11) is 0. The SMILES string of the molecule is CCc1cccc2cc3ccccc3c(OC(=O)Oc3ccccc3)c12. The Balaban J connectivity index is 1.84. The van der Waals surface area contributed by atoms with Crippen molar-refractivity contribution in [2.45, 2.75) is 13.3 Å². The summed E-state index contributed by atoms with van der Waals surface area (Å²) in [5.41, 5.74) is 1.13. The van der Waals surface area contributed by atoms with Crippen molar-refractivity contribution in [2.24, 2.45) is 0 Å². The molecule has 0 radical (unpaired) electrons. The van der Waals surface area contributed by atoms with E-state index in [2.05, 4.69) is 19.1 Å². The molecule has 0 unspecified atom stereocenters. The van der Waals surface area contributed by atoms with Crippen LogP contribution in [0.15, 0.2) is 78.9 Å². The fourth-order valence-electron chi connectivity index (χ4n) is 3.24. The lowest BCUT2D eigenvalue weighted by atomic mass is 9.97. The first-order valence-electron chi connectivity index (χ1n) is 8.64. The zero-order chi connectivity index (χ0) is 17.9. The van der Waals surface area contributed by atoms with Crippen molar-refractivity contribution >= 4 is 27.7 Å². The number of benzene rings is 4. The lowest BCUT2D eigenvalue weighted by molar-refractivity contribution is 0.153. The summed E-state index contributed by atoms with van der Waals surface area (Å²) in [6, 6.07) is 25.1. The Kier molecular flexibility index (Phi) is 4.28. The average Bonchev–Trinajstić information content (AvgIpc) is 2.68. The number of carbonyl (C=O) groups excluding carboxylic acids is 1. The number of fused-ring (bicyclic) bond motifs is 2. The first-order valence-corrected chi connectivity index (χ1v) is 8.64. The summed E-state index contributed by atoms with van der Waals surface area (Å²) < 4.78 is 11.1. The number of aryl methyl sites for hydroxylation is 1. The highest BCUT2D eigenvalue weighted by atomic mass is 16.7. The Labute approximate surface area is 151 Å². The Morgan fingerprint density at radius 1 is 0.808 bits per heavy atom. The molecule has 0 N–H and O–H groups in total. The van der Waals surface area contributed by atoms with Gasteiger partial charge in [-0.1, -0.05) is 67.6 Å². The van der Waals surface area contributed by atoms with E-state index in [0.29, 0.717) is 11.5 Å². The van der Waals surface area contributed by atoms with Crippen molar-refractivity contribution in [2.75, 3.05) is 0 Å². The molecule has 4 aromatic carbocycles. The van der Waals surface area contributed by atoms with Gasteiger partial charge in [-0.3, -0.25) is 0 Å². The van der Waals surface area contributed by atoms with Gasteiger partial charge in [0.05, 0.1) is 0 Å². The van der Waals surface area contributed by atoms with Crippen molar-refractivity contribution in [1.29, 1.82) is 0 Å². The maximum Gasteiger partial charge on any atom is 0.519 e. The smallest absolute Gasteiger partial charge is 0.395 e. The highest BCUT2D eigenvalue weighted by molar-refractivity contribution is 6.07. The third kappa shape index (κ3) is 3.00. The molecule has 3 heteroatoms. The molecule has 0 saturated heterocycles. The Morgan fingerprint density at radius 3 is 2.35 bits per heavy atom. The number of hydrogen-bond acceptors (Lipinski definition) is 3. The molecule has 26 heavy (non-hydrogen) atoms. The normalized spacial score (nSPS) is 10.8. The molecule has 0 saturated carbocycles. The third-order valence-electron chi connectivity index (χ3n) is 4.44. The molecule has 0 aliphatic heterocycles. The summed E-state index contributed by atoms with van der Waals surface area (Å²) in [6.07, 6.45) is 0.111. The van der Waals surface area contributed by atoms with Gasteiger partial charge < -0.3 is 9.47 Å². The summed E-state index contributed by atoms with van der Waals surface area (Å²) in [5.74, 6) is 1.01. The minimum atomic E-state index is -0.736. The number of hydrogen-bond donors (Lipinski definition) is 0. The second-order valence-corrected chi connectivity index (χ2v) is 6.06. The van der Waals surface area contributed by atoms with E-state index in [1.807, 2.05) is 54.6 Å². The van der Waals surface area contributed by atoms with Crippen molar-refractivity contribution in [3.63, 3.8) is 0 Å². The molecule has 0 aromatic heterocycles. The molecule has 0 fully saturated rings. The minimum Gasteiger partial charge on any atom is -0.395 e. The van der Waals surface area contributed by atoms with Crippen LogP contribution in [0.25, 0.3) is 21.5 Å². The van der Waals surface area contributed by atoms with E-state index in [9.17, 15) is 4.79 Å². The summed E-state index contributed by atoms with van der Waals surface area (Å²) in [5, 5.41) is 3.92. The second kappa shape index (κ2) is 6.89. The van der Waals surface area contributed by atoms with E-state index in [4.69, 9.17) is 9.47 Å². The van der Waals surface area contributed by atoms with Gasteiger partial charge in [0.2, 0.25) is 0 Å². The largest absolute Gasteiger partial charge is 0.519 e. The quantitative estimate of drug-likeness (QED) is 0.255. The molecular weight excluding hydrogens is 324 g/mol. The topological polar surface area (TPSA) is 35.5 Å². The molecule has 0 atom stereocenters. The number of ether oxygens (including phenoxy) is 2. The number of para-hydroxylation sites is 1. The van der Waals surface area contributed by atoms with Crippen LogP contribution in [0, 0.1) is 0 Å². The Bertz CT molecular complexity index is 1080. The van der Waals surface area contributed by atoms with Gasteiger partial charge in [-0.05, 0) is 41.0 Å². The van der Waals surface area contributed by atoms with Crippen LogP contribution in [0.3, 0.4) is 0 Å². The van der Waals surface area contributed by atoms with Crippen LogP contribution in [0.5, 0.6) is 11.5 Å². The van der Waals surface area contributed by atoms with Crippen LogP contribution >= 0.6 is 0 Å². The molecule has 128 valence electrons. The predicted octanol–water partition coefficient (Wildman–Crippen LogP) is 6.13. The molecular formula is C23H18O3. The molecule has 0 spiro atoms. The lowest BCUT2D eigenvalue weighted by Crippen LogP contribution is -2.14. The standard InChI is InChI=1S/C23H18O3/c1-2-16-10-8-11-18-15-17-9-6-7-14-20(17)22(21(16)18)26-23(24)25-19-12-4-3-5-13-19/h3-15H,2H2,1H3. The maximum atomic E-state index is 12.4. The molecule has 0 heterocycles. The summed E-state index contributed by atoms with van der Waals surface area (Å²) >= 11 is 0. The van der Waals surface area contributed by atoms with Crippen LogP contribution in [-0.4, -0.2) is 6.16 Å². The van der Waals surface area contributed by atoms with Crippen molar-refractivity contribution < 1.29 is 14.3 Å². The Hall–Kier alpha value is -3.33. The van der Waals surface area contributed by atoms with Crippen LogP contribution in [0.2, 0.25) is 0 Å². The summed E-state index contributed by atoms with van der Waals surface area (Å²) in [4.78, 5) is 12.4. The van der Waals surface area contributed by atoms with E-state index in [-0.39, 0.29) is 0 Å². The van der Waals surface area contributed by atoms with Gasteiger partial charge >= 0.3 is 6.16 Å². The number of rotatable bonds is 3. The zero-order valence-electron chi connectivity index (χ0n) is 14.4. The van der Waals surface area contributed by atoms with Crippen molar-refractivity contribution in [3.8, 4) is 11.5 Å². The van der Waals surface area contributed by atoms with Crippen LogP contribution in [0.4, 0.5) is 4.79 Å². The lowest BCUT2D eigenvalue weighted by Gasteiger charge is -2.14. The van der Waals surface area contributed by atoms with Gasteiger partial charge in [0.1, 0.15) is 11.5 Å². The zero-order valence-corrected chi connectivity index (χ0v) is 14.4. The summed E-state index contributed by atoms with van der Waals surface area (Å²) in [6.45, 7) is 2.09. The van der Waals surface area contributed by atoms with E-state index in [1.165, 1.54) is 0 Å². The van der Waals surface area contributed by atoms with Gasteiger partial charge in [0.25, 0.3) is 0 Å². The van der Waals surface area contributed by atoms with Crippen LogP contribution < -0.4 is 9.47 Å². The molecule has 0 aliphatic carbocycles.